The fraction of sp³-hybridized carbons (Fsp3) is 0.600. The number of hydrogen-bond donors (Lipinski definition) is 0. The molecule has 0 spiro atoms. The first-order chi connectivity index (χ1) is 4.81. The molecule has 6 heteroatoms. The van der Waals surface area contributed by atoms with E-state index in [0.717, 1.165) is 6.08 Å². The molecule has 0 aromatic carbocycles. The summed E-state index contributed by atoms with van der Waals surface area (Å²) in [7, 11) is -3.49. The predicted molar refractivity (Wildman–Crippen MR) is 32.8 cm³/mol. The second kappa shape index (κ2) is 2.23. The standard InChI is InChI=1S/C5H5F3O2S/c6-5(7,8)4-1-2-11(9,10)3-4/h1H,2-3H2. The minimum Gasteiger partial charge on any atom is -0.228 e. The van der Waals surface area contributed by atoms with Gasteiger partial charge in [-0.2, -0.15) is 13.2 Å². The van der Waals surface area contributed by atoms with Gasteiger partial charge in [0.2, 0.25) is 0 Å². The lowest BCUT2D eigenvalue weighted by molar-refractivity contribution is -0.0907. The lowest BCUT2D eigenvalue weighted by Gasteiger charge is -2.04. The summed E-state index contributed by atoms with van der Waals surface area (Å²) in [4.78, 5) is 0. The zero-order valence-electron chi connectivity index (χ0n) is 5.35. The van der Waals surface area contributed by atoms with Crippen molar-refractivity contribution in [3.63, 3.8) is 0 Å². The molecule has 0 atom stereocenters. The molecule has 0 aliphatic carbocycles. The van der Waals surface area contributed by atoms with E-state index in [0.29, 0.717) is 0 Å². The SMILES string of the molecule is O=S1(=O)CC=C(C(F)(F)F)C1. The van der Waals surface area contributed by atoms with Crippen LogP contribution in [-0.2, 0) is 9.84 Å². The summed E-state index contributed by atoms with van der Waals surface area (Å²) < 4.78 is 56.4. The average molecular weight is 186 g/mol. The zero-order valence-corrected chi connectivity index (χ0v) is 6.17. The van der Waals surface area contributed by atoms with Gasteiger partial charge in [0.1, 0.15) is 0 Å². The maximum absolute atomic E-state index is 11.8. The van der Waals surface area contributed by atoms with E-state index in [2.05, 4.69) is 0 Å². The molecule has 11 heavy (non-hydrogen) atoms. The van der Waals surface area contributed by atoms with Crippen LogP contribution in [0, 0.1) is 0 Å². The van der Waals surface area contributed by atoms with Crippen LogP contribution in [-0.4, -0.2) is 26.1 Å². The van der Waals surface area contributed by atoms with Crippen molar-refractivity contribution < 1.29 is 21.6 Å². The Morgan fingerprint density at radius 1 is 1.36 bits per heavy atom. The van der Waals surface area contributed by atoms with Gasteiger partial charge in [-0.1, -0.05) is 6.08 Å². The van der Waals surface area contributed by atoms with Crippen molar-refractivity contribution in [1.29, 1.82) is 0 Å². The van der Waals surface area contributed by atoms with Gasteiger partial charge in [-0.3, -0.25) is 0 Å². The van der Waals surface area contributed by atoms with Crippen molar-refractivity contribution in [2.45, 2.75) is 6.18 Å². The van der Waals surface area contributed by atoms with Crippen molar-refractivity contribution in [2.75, 3.05) is 11.5 Å². The Kier molecular flexibility index (Phi) is 1.74. The van der Waals surface area contributed by atoms with E-state index in [1.807, 2.05) is 0 Å². The van der Waals surface area contributed by atoms with Crippen LogP contribution in [0.15, 0.2) is 11.6 Å². The van der Waals surface area contributed by atoms with Crippen molar-refractivity contribution in [3.8, 4) is 0 Å². The third-order valence-corrected chi connectivity index (χ3v) is 2.75. The number of rotatable bonds is 0. The third-order valence-electron chi connectivity index (χ3n) is 1.32. The number of halogens is 3. The molecule has 1 aliphatic rings. The summed E-state index contributed by atoms with van der Waals surface area (Å²) in [5.41, 5.74) is -0.947. The first kappa shape index (κ1) is 8.58. The second-order valence-electron chi connectivity index (χ2n) is 2.28. The van der Waals surface area contributed by atoms with Gasteiger partial charge in [0.05, 0.1) is 11.5 Å². The molecule has 0 fully saturated rings. The molecule has 0 bridgehead atoms. The summed E-state index contributed by atoms with van der Waals surface area (Å²) in [6.45, 7) is 0. The highest BCUT2D eigenvalue weighted by Gasteiger charge is 2.39. The van der Waals surface area contributed by atoms with E-state index < -0.39 is 33.1 Å². The van der Waals surface area contributed by atoms with Gasteiger partial charge in [0, 0.05) is 5.57 Å². The van der Waals surface area contributed by atoms with Crippen molar-refractivity contribution in [3.05, 3.63) is 11.6 Å². The van der Waals surface area contributed by atoms with Crippen LogP contribution in [0.3, 0.4) is 0 Å². The van der Waals surface area contributed by atoms with E-state index in [9.17, 15) is 21.6 Å². The number of alkyl halides is 3. The summed E-state index contributed by atoms with van der Waals surface area (Å²) in [6.07, 6.45) is -3.76. The molecular weight excluding hydrogens is 181 g/mol. The van der Waals surface area contributed by atoms with Crippen LogP contribution in [0.5, 0.6) is 0 Å². The van der Waals surface area contributed by atoms with Crippen LogP contribution in [0.4, 0.5) is 13.2 Å². The molecule has 0 aromatic rings. The largest absolute Gasteiger partial charge is 0.413 e. The Morgan fingerprint density at radius 2 is 1.91 bits per heavy atom. The monoisotopic (exact) mass is 186 g/mol. The van der Waals surface area contributed by atoms with E-state index in [-0.39, 0.29) is 0 Å². The minimum atomic E-state index is -4.48. The fourth-order valence-corrected chi connectivity index (χ4v) is 2.11. The molecule has 0 saturated carbocycles. The molecule has 64 valence electrons. The van der Waals surface area contributed by atoms with Crippen LogP contribution < -0.4 is 0 Å². The van der Waals surface area contributed by atoms with Crippen molar-refractivity contribution in [1.82, 2.24) is 0 Å². The quantitative estimate of drug-likeness (QED) is 0.527. The van der Waals surface area contributed by atoms with E-state index in [1.165, 1.54) is 0 Å². The summed E-state index contributed by atoms with van der Waals surface area (Å²) in [6, 6.07) is 0. The topological polar surface area (TPSA) is 34.1 Å². The van der Waals surface area contributed by atoms with Crippen LogP contribution >= 0.6 is 0 Å². The van der Waals surface area contributed by atoms with Crippen LogP contribution in [0.25, 0.3) is 0 Å². The Hall–Kier alpha value is -0.520. The fourth-order valence-electron chi connectivity index (χ4n) is 0.780. The number of hydrogen-bond acceptors (Lipinski definition) is 2. The third kappa shape index (κ3) is 1.95. The van der Waals surface area contributed by atoms with E-state index >= 15 is 0 Å². The lowest BCUT2D eigenvalue weighted by atomic mass is 10.3. The van der Waals surface area contributed by atoms with Crippen molar-refractivity contribution >= 4 is 9.84 Å². The first-order valence-electron chi connectivity index (χ1n) is 2.78. The molecule has 0 saturated heterocycles. The average Bonchev–Trinajstić information content (AvgIpc) is 2.07. The van der Waals surface area contributed by atoms with Gasteiger partial charge < -0.3 is 0 Å². The highest BCUT2D eigenvalue weighted by molar-refractivity contribution is 7.92. The minimum absolute atomic E-state index is 0.484. The van der Waals surface area contributed by atoms with Crippen LogP contribution in [0.1, 0.15) is 0 Å². The van der Waals surface area contributed by atoms with Gasteiger partial charge >= 0.3 is 6.18 Å². The Labute approximate surface area is 61.6 Å². The molecule has 1 heterocycles. The Morgan fingerprint density at radius 3 is 2.09 bits per heavy atom. The smallest absolute Gasteiger partial charge is 0.228 e. The molecule has 0 unspecified atom stereocenters. The highest BCUT2D eigenvalue weighted by atomic mass is 32.2. The Bertz CT molecular complexity index is 285. The lowest BCUT2D eigenvalue weighted by Crippen LogP contribution is -2.15. The summed E-state index contributed by atoms with van der Waals surface area (Å²) >= 11 is 0. The van der Waals surface area contributed by atoms with Gasteiger partial charge in [-0.05, 0) is 0 Å². The zero-order chi connectivity index (χ0) is 8.70. The molecule has 1 rings (SSSR count). The maximum Gasteiger partial charge on any atom is 0.413 e. The summed E-state index contributed by atoms with van der Waals surface area (Å²) in [5.74, 6) is -1.35. The maximum atomic E-state index is 11.8. The molecule has 0 amide bonds. The van der Waals surface area contributed by atoms with Gasteiger partial charge in [-0.15, -0.1) is 0 Å². The Balaban J connectivity index is 2.84. The van der Waals surface area contributed by atoms with Gasteiger partial charge in [0.15, 0.2) is 9.84 Å². The highest BCUT2D eigenvalue weighted by Crippen LogP contribution is 2.29. The molecule has 2 nitrogen and oxygen atoms in total. The van der Waals surface area contributed by atoms with Gasteiger partial charge in [-0.25, -0.2) is 8.42 Å². The van der Waals surface area contributed by atoms with E-state index in [1.54, 1.807) is 0 Å². The molecule has 0 N–H and O–H groups in total. The van der Waals surface area contributed by atoms with Crippen LogP contribution in [0.2, 0.25) is 0 Å². The van der Waals surface area contributed by atoms with Crippen molar-refractivity contribution in [2.24, 2.45) is 0 Å². The van der Waals surface area contributed by atoms with E-state index in [4.69, 9.17) is 0 Å². The first-order valence-corrected chi connectivity index (χ1v) is 4.60. The molecule has 1 aliphatic heterocycles. The molecular formula is C5H5F3O2S. The molecule has 0 radical (unpaired) electrons. The molecule has 0 aromatic heterocycles. The normalized spacial score (nSPS) is 23.4. The van der Waals surface area contributed by atoms with Gasteiger partial charge in [0.25, 0.3) is 0 Å². The number of sulfone groups is 1. The summed E-state index contributed by atoms with van der Waals surface area (Å²) in [5, 5.41) is 0. The predicted octanol–water partition coefficient (Wildman–Crippen LogP) is 0.904. The second-order valence-corrected chi connectivity index (χ2v) is 4.39.